The van der Waals surface area contributed by atoms with Gasteiger partial charge in [0.15, 0.2) is 0 Å². The summed E-state index contributed by atoms with van der Waals surface area (Å²) < 4.78 is 8.46. The Balaban J connectivity index is 0.000000583. The van der Waals surface area contributed by atoms with E-state index >= 15 is 0 Å². The maximum absolute atomic E-state index is 8.46. The summed E-state index contributed by atoms with van der Waals surface area (Å²) in [7, 11) is -0.833. The van der Waals surface area contributed by atoms with Crippen LogP contribution in [0.15, 0.2) is 0 Å². The lowest BCUT2D eigenvalue weighted by molar-refractivity contribution is 0.354. The van der Waals surface area contributed by atoms with Crippen molar-refractivity contribution < 1.29 is 9.46 Å². The second-order valence-corrected chi connectivity index (χ2v) is 3.47. The van der Waals surface area contributed by atoms with Crippen molar-refractivity contribution in [2.24, 2.45) is 0 Å². The lowest BCUT2D eigenvalue weighted by atomic mass is 10.1. The van der Waals surface area contributed by atoms with Gasteiger partial charge in [-0.15, -0.1) is 0 Å². The van der Waals surface area contributed by atoms with Gasteiger partial charge >= 0.3 is 8.69 Å². The summed E-state index contributed by atoms with van der Waals surface area (Å²) >= 11 is 0. The van der Waals surface area contributed by atoms with E-state index in [-0.39, 0.29) is 0 Å². The number of hydrogen-bond acceptors (Lipinski definition) is 5. The Morgan fingerprint density at radius 2 is 1.13 bits per heavy atom. The SMILES string of the molecule is C1CCCCNNNNCCC1.O=PO. The summed E-state index contributed by atoms with van der Waals surface area (Å²) in [5.41, 5.74) is 11.9. The first kappa shape index (κ1) is 14.9. The maximum Gasteiger partial charge on any atom is 0.324 e. The third-order valence-corrected chi connectivity index (χ3v) is 2.09. The Labute approximate surface area is 92.4 Å². The predicted octanol–water partition coefficient (Wildman–Crippen LogP) is 0.629. The van der Waals surface area contributed by atoms with Crippen LogP contribution in [0.1, 0.15) is 38.5 Å². The molecule has 90 valence electrons. The normalized spacial score (nSPS) is 20.6. The van der Waals surface area contributed by atoms with E-state index in [0.29, 0.717) is 0 Å². The highest BCUT2D eigenvalue weighted by Crippen LogP contribution is 2.04. The van der Waals surface area contributed by atoms with Crippen LogP contribution in [0, 0.1) is 0 Å². The van der Waals surface area contributed by atoms with E-state index in [4.69, 9.17) is 9.46 Å². The monoisotopic (exact) mass is 236 g/mol. The van der Waals surface area contributed by atoms with Crippen LogP contribution in [0.5, 0.6) is 0 Å². The standard InChI is InChI=1S/C8H20N4.HO2P/c1-2-4-6-8-10-12-11-9-7-5-3-1;1-3-2/h9-12H,1-8H2;(H,1,2). The smallest absolute Gasteiger partial charge is 0.310 e. The van der Waals surface area contributed by atoms with Crippen molar-refractivity contribution in [2.75, 3.05) is 13.1 Å². The molecule has 5 N–H and O–H groups in total. The van der Waals surface area contributed by atoms with Gasteiger partial charge in [0.1, 0.15) is 0 Å². The number of rotatable bonds is 0. The summed E-state index contributed by atoms with van der Waals surface area (Å²) in [5, 5.41) is 0. The molecule has 0 saturated carbocycles. The molecule has 0 bridgehead atoms. The average molecular weight is 236 g/mol. The van der Waals surface area contributed by atoms with E-state index in [1.54, 1.807) is 0 Å². The van der Waals surface area contributed by atoms with Gasteiger partial charge in [0.05, 0.1) is 0 Å². The molecule has 15 heavy (non-hydrogen) atoms. The third-order valence-electron chi connectivity index (χ3n) is 2.09. The molecule has 1 aliphatic heterocycles. The zero-order valence-electron chi connectivity index (χ0n) is 8.96. The molecule has 6 nitrogen and oxygen atoms in total. The molecule has 1 fully saturated rings. The minimum atomic E-state index is -0.833. The Bertz CT molecular complexity index is 96.8. The van der Waals surface area contributed by atoms with Gasteiger partial charge in [-0.1, -0.05) is 25.7 Å². The number of hydrazine groups is 3. The zero-order chi connectivity index (χ0) is 11.2. The highest BCUT2D eigenvalue weighted by atomic mass is 31.1. The number of nitrogens with one attached hydrogen (secondary N) is 4. The van der Waals surface area contributed by atoms with Crippen LogP contribution in [0.4, 0.5) is 0 Å². The minimum absolute atomic E-state index is 0.833. The zero-order valence-corrected chi connectivity index (χ0v) is 9.85. The molecule has 1 rings (SSSR count). The molecule has 0 aromatic carbocycles. The fourth-order valence-electron chi connectivity index (χ4n) is 1.35. The molecule has 1 aliphatic rings. The second kappa shape index (κ2) is 13.9. The quantitative estimate of drug-likeness (QED) is 0.397. The Kier molecular flexibility index (Phi) is 13.8. The minimum Gasteiger partial charge on any atom is -0.310 e. The topological polar surface area (TPSA) is 85.4 Å². The molecule has 7 heteroatoms. The van der Waals surface area contributed by atoms with E-state index in [2.05, 4.69) is 21.9 Å². The predicted molar refractivity (Wildman–Crippen MR) is 59.8 cm³/mol. The lowest BCUT2D eigenvalue weighted by Gasteiger charge is -2.11. The van der Waals surface area contributed by atoms with Gasteiger partial charge in [0.25, 0.3) is 0 Å². The van der Waals surface area contributed by atoms with Crippen LogP contribution in [0.3, 0.4) is 0 Å². The first-order chi connectivity index (χ1) is 7.41. The summed E-state index contributed by atoms with van der Waals surface area (Å²) in [4.78, 5) is 6.99. The van der Waals surface area contributed by atoms with Crippen LogP contribution in [-0.4, -0.2) is 18.0 Å². The van der Waals surface area contributed by atoms with Crippen LogP contribution in [-0.2, 0) is 4.57 Å². The Morgan fingerprint density at radius 3 is 1.53 bits per heavy atom. The Morgan fingerprint density at radius 1 is 0.800 bits per heavy atom. The third kappa shape index (κ3) is 13.9. The molecule has 0 aliphatic carbocycles. The van der Waals surface area contributed by atoms with Gasteiger partial charge in [-0.2, -0.15) is 11.1 Å². The first-order valence-corrected chi connectivity index (χ1v) is 6.10. The fraction of sp³-hybridized carbons (Fsp3) is 1.00. The summed E-state index contributed by atoms with van der Waals surface area (Å²) in [5.74, 6) is 0. The largest absolute Gasteiger partial charge is 0.324 e. The molecular weight excluding hydrogens is 215 g/mol. The molecule has 0 spiro atoms. The highest BCUT2D eigenvalue weighted by Gasteiger charge is 1.93. The van der Waals surface area contributed by atoms with Gasteiger partial charge in [0, 0.05) is 13.1 Å². The van der Waals surface area contributed by atoms with Crippen molar-refractivity contribution in [1.29, 1.82) is 0 Å². The number of hydrogen-bond donors (Lipinski definition) is 5. The summed E-state index contributed by atoms with van der Waals surface area (Å²) in [6.07, 6.45) is 7.98. The van der Waals surface area contributed by atoms with Crippen molar-refractivity contribution in [1.82, 2.24) is 21.9 Å². The molecule has 1 heterocycles. The van der Waals surface area contributed by atoms with Gasteiger partial charge in [-0.3, -0.25) is 0 Å². The van der Waals surface area contributed by atoms with Crippen LogP contribution in [0.25, 0.3) is 0 Å². The van der Waals surface area contributed by atoms with Crippen molar-refractivity contribution in [3.8, 4) is 0 Å². The van der Waals surface area contributed by atoms with E-state index in [1.165, 1.54) is 38.5 Å². The van der Waals surface area contributed by atoms with Crippen LogP contribution in [0.2, 0.25) is 0 Å². The van der Waals surface area contributed by atoms with E-state index < -0.39 is 8.69 Å². The highest BCUT2D eigenvalue weighted by molar-refractivity contribution is 7.16. The average Bonchev–Trinajstić information content (AvgIpc) is 2.19. The molecular formula is C8H21N4O2P. The molecule has 0 atom stereocenters. The van der Waals surface area contributed by atoms with Crippen molar-refractivity contribution in [3.05, 3.63) is 0 Å². The molecule has 1 saturated heterocycles. The summed E-state index contributed by atoms with van der Waals surface area (Å²) in [6.45, 7) is 2.07. The van der Waals surface area contributed by atoms with Crippen molar-refractivity contribution in [3.63, 3.8) is 0 Å². The van der Waals surface area contributed by atoms with Crippen LogP contribution >= 0.6 is 8.69 Å². The summed E-state index contributed by atoms with van der Waals surface area (Å²) in [6, 6.07) is 0. The van der Waals surface area contributed by atoms with Gasteiger partial charge in [-0.25, -0.2) is 15.4 Å². The first-order valence-electron chi connectivity index (χ1n) is 5.34. The van der Waals surface area contributed by atoms with Gasteiger partial charge in [-0.05, 0) is 12.8 Å². The molecule has 0 amide bonds. The van der Waals surface area contributed by atoms with E-state index in [0.717, 1.165) is 13.1 Å². The maximum atomic E-state index is 8.46. The van der Waals surface area contributed by atoms with E-state index in [1.807, 2.05) is 0 Å². The molecule has 0 radical (unpaired) electrons. The van der Waals surface area contributed by atoms with Crippen LogP contribution < -0.4 is 21.9 Å². The fourth-order valence-corrected chi connectivity index (χ4v) is 1.35. The van der Waals surface area contributed by atoms with Crippen molar-refractivity contribution in [2.45, 2.75) is 38.5 Å². The van der Waals surface area contributed by atoms with Gasteiger partial charge in [0.2, 0.25) is 0 Å². The molecule has 0 unspecified atom stereocenters. The second-order valence-electron chi connectivity index (χ2n) is 3.31. The van der Waals surface area contributed by atoms with Crippen molar-refractivity contribution >= 4 is 8.69 Å². The van der Waals surface area contributed by atoms with Gasteiger partial charge < -0.3 is 4.89 Å². The lowest BCUT2D eigenvalue weighted by Crippen LogP contribution is -2.51. The van der Waals surface area contributed by atoms with E-state index in [9.17, 15) is 0 Å². The molecule has 0 aromatic rings. The molecule has 0 aromatic heterocycles. The Hall–Kier alpha value is -0.100.